The highest BCUT2D eigenvalue weighted by Gasteiger charge is 2.21. The quantitative estimate of drug-likeness (QED) is 0.418. The number of ether oxygens (including phenoxy) is 1. The third kappa shape index (κ3) is 4.80. The van der Waals surface area contributed by atoms with Gasteiger partial charge in [-0.1, -0.05) is 42.5 Å². The third-order valence-electron chi connectivity index (χ3n) is 5.46. The molecule has 1 aromatic heterocycles. The fourth-order valence-electron chi connectivity index (χ4n) is 3.70. The lowest BCUT2D eigenvalue weighted by atomic mass is 10.1. The number of anilines is 1. The van der Waals surface area contributed by atoms with Gasteiger partial charge < -0.3 is 14.6 Å². The molecule has 8 nitrogen and oxygen atoms in total. The van der Waals surface area contributed by atoms with Crippen molar-refractivity contribution in [3.05, 3.63) is 84.2 Å². The van der Waals surface area contributed by atoms with Crippen LogP contribution in [0.2, 0.25) is 0 Å². The molecule has 1 amide bonds. The summed E-state index contributed by atoms with van der Waals surface area (Å²) < 4.78 is 33.4. The van der Waals surface area contributed by atoms with E-state index < -0.39 is 10.0 Å². The van der Waals surface area contributed by atoms with Crippen LogP contribution in [0.1, 0.15) is 11.4 Å². The van der Waals surface area contributed by atoms with Gasteiger partial charge in [0.15, 0.2) is 0 Å². The molecule has 0 radical (unpaired) electrons. The average Bonchev–Trinajstić information content (AvgIpc) is 3.16. The number of sulfonamides is 1. The monoisotopic (exact) mass is 478 g/mol. The Labute approximate surface area is 198 Å². The lowest BCUT2D eigenvalue weighted by molar-refractivity contribution is -0.116. The van der Waals surface area contributed by atoms with Crippen LogP contribution in [0.15, 0.2) is 77.7 Å². The fourth-order valence-corrected chi connectivity index (χ4v) is 4.63. The molecular formula is C25H26N4O4S. The van der Waals surface area contributed by atoms with E-state index >= 15 is 0 Å². The fraction of sp³-hybridized carbons (Fsp3) is 0.200. The average molecular weight is 479 g/mol. The van der Waals surface area contributed by atoms with Gasteiger partial charge in [-0.05, 0) is 35.9 Å². The number of carbonyl (C=O) groups is 1. The summed E-state index contributed by atoms with van der Waals surface area (Å²) in [5, 5.41) is 2.81. The van der Waals surface area contributed by atoms with Crippen LogP contribution in [0.4, 0.5) is 5.69 Å². The van der Waals surface area contributed by atoms with Crippen molar-refractivity contribution >= 4 is 32.7 Å². The minimum absolute atomic E-state index is 0.0104. The summed E-state index contributed by atoms with van der Waals surface area (Å²) in [6.45, 7) is 0.0104. The predicted octanol–water partition coefficient (Wildman–Crippen LogP) is 3.52. The van der Waals surface area contributed by atoms with Gasteiger partial charge in [0.1, 0.15) is 18.1 Å². The predicted molar refractivity (Wildman–Crippen MR) is 131 cm³/mol. The molecule has 1 heterocycles. The van der Waals surface area contributed by atoms with Crippen molar-refractivity contribution in [1.29, 1.82) is 0 Å². The van der Waals surface area contributed by atoms with E-state index in [9.17, 15) is 13.2 Å². The molecule has 0 saturated heterocycles. The Morgan fingerprint density at radius 2 is 1.74 bits per heavy atom. The van der Waals surface area contributed by atoms with Gasteiger partial charge >= 0.3 is 0 Å². The Bertz CT molecular complexity index is 1430. The normalized spacial score (nSPS) is 11.6. The van der Waals surface area contributed by atoms with Crippen molar-refractivity contribution in [3.8, 4) is 5.75 Å². The maximum atomic E-state index is 13.1. The maximum absolute atomic E-state index is 13.1. The van der Waals surface area contributed by atoms with Gasteiger partial charge in [-0.3, -0.25) is 4.79 Å². The summed E-state index contributed by atoms with van der Waals surface area (Å²) in [5.74, 6) is 0.805. The molecule has 0 atom stereocenters. The van der Waals surface area contributed by atoms with Crippen molar-refractivity contribution in [3.63, 3.8) is 0 Å². The van der Waals surface area contributed by atoms with E-state index in [1.165, 1.54) is 39.4 Å². The Morgan fingerprint density at radius 1 is 1.03 bits per heavy atom. The number of aromatic nitrogens is 2. The number of rotatable bonds is 8. The molecule has 4 rings (SSSR count). The van der Waals surface area contributed by atoms with Gasteiger partial charge in [-0.15, -0.1) is 0 Å². The molecule has 0 aliphatic rings. The van der Waals surface area contributed by atoms with Crippen LogP contribution in [0.5, 0.6) is 5.75 Å². The van der Waals surface area contributed by atoms with Crippen molar-refractivity contribution in [2.24, 2.45) is 0 Å². The first-order chi connectivity index (χ1) is 16.3. The van der Waals surface area contributed by atoms with Crippen LogP contribution >= 0.6 is 0 Å². The zero-order valence-corrected chi connectivity index (χ0v) is 20.0. The van der Waals surface area contributed by atoms with Crippen LogP contribution in [-0.4, -0.2) is 49.4 Å². The highest BCUT2D eigenvalue weighted by molar-refractivity contribution is 7.89. The lowest BCUT2D eigenvalue weighted by Gasteiger charge is -2.16. The molecule has 9 heteroatoms. The Balaban J connectivity index is 1.65. The molecule has 0 bridgehead atoms. The Hall–Kier alpha value is -3.69. The Kier molecular flexibility index (Phi) is 6.67. The molecule has 0 aliphatic carbocycles. The zero-order valence-electron chi connectivity index (χ0n) is 19.2. The zero-order chi connectivity index (χ0) is 24.3. The molecule has 0 unspecified atom stereocenters. The van der Waals surface area contributed by atoms with E-state index in [0.717, 1.165) is 26.7 Å². The smallest absolute Gasteiger partial charge is 0.244 e. The largest absolute Gasteiger partial charge is 0.495 e. The summed E-state index contributed by atoms with van der Waals surface area (Å²) in [5.41, 5.74) is 3.02. The second-order valence-electron chi connectivity index (χ2n) is 7.96. The number of methoxy groups -OCH3 is 1. The van der Waals surface area contributed by atoms with Gasteiger partial charge in [-0.25, -0.2) is 17.7 Å². The number of para-hydroxylation sites is 2. The van der Waals surface area contributed by atoms with Crippen LogP contribution in [0.3, 0.4) is 0 Å². The first kappa shape index (κ1) is 23.5. The van der Waals surface area contributed by atoms with Crippen LogP contribution in [-0.2, 0) is 27.8 Å². The maximum Gasteiger partial charge on any atom is 0.244 e. The lowest BCUT2D eigenvalue weighted by Crippen LogP contribution is -2.23. The number of hydrogen-bond donors (Lipinski definition) is 1. The standard InChI is InChI=1S/C25H26N4O4S/c1-28(2)34(31,32)19-13-14-23(33-3)21(16-19)27-25(30)17-29-22-12-8-7-11-20(22)26-24(29)15-18-9-5-4-6-10-18/h4-14,16H,15,17H2,1-3H3,(H,27,30). The van der Waals surface area contributed by atoms with Crippen molar-refractivity contribution in [1.82, 2.24) is 13.9 Å². The molecule has 0 aliphatic heterocycles. The van der Waals surface area contributed by atoms with Gasteiger partial charge in [0.05, 0.1) is 28.7 Å². The second-order valence-corrected chi connectivity index (χ2v) is 10.1. The number of nitrogens with one attached hydrogen (secondary N) is 1. The topological polar surface area (TPSA) is 93.5 Å². The molecule has 3 aromatic carbocycles. The first-order valence-corrected chi connectivity index (χ1v) is 12.1. The molecule has 176 valence electrons. The number of imidazole rings is 1. The van der Waals surface area contributed by atoms with E-state index in [0.29, 0.717) is 12.2 Å². The number of fused-ring (bicyclic) bond motifs is 1. The summed E-state index contributed by atoms with van der Waals surface area (Å²) in [6, 6.07) is 22.0. The Morgan fingerprint density at radius 3 is 2.44 bits per heavy atom. The van der Waals surface area contributed by atoms with Crippen molar-refractivity contribution in [2.75, 3.05) is 26.5 Å². The number of amides is 1. The number of nitrogens with zero attached hydrogens (tertiary/aromatic N) is 3. The first-order valence-electron chi connectivity index (χ1n) is 10.7. The van der Waals surface area contributed by atoms with Gasteiger partial charge in [0, 0.05) is 20.5 Å². The van der Waals surface area contributed by atoms with Crippen molar-refractivity contribution < 1.29 is 17.9 Å². The highest BCUT2D eigenvalue weighted by atomic mass is 32.2. The van der Waals surface area contributed by atoms with Gasteiger partial charge in [0.25, 0.3) is 0 Å². The number of benzene rings is 3. The molecule has 0 spiro atoms. The number of carbonyl (C=O) groups excluding carboxylic acids is 1. The van der Waals surface area contributed by atoms with Crippen LogP contribution in [0.25, 0.3) is 11.0 Å². The van der Waals surface area contributed by atoms with E-state index in [1.807, 2.05) is 59.2 Å². The van der Waals surface area contributed by atoms with Gasteiger partial charge in [-0.2, -0.15) is 0 Å². The minimum Gasteiger partial charge on any atom is -0.495 e. The molecular weight excluding hydrogens is 452 g/mol. The summed E-state index contributed by atoms with van der Waals surface area (Å²) in [6.07, 6.45) is 0.572. The minimum atomic E-state index is -3.67. The SMILES string of the molecule is COc1ccc(S(=O)(=O)N(C)C)cc1NC(=O)Cn1c(Cc2ccccc2)nc2ccccc21. The van der Waals surface area contributed by atoms with Crippen LogP contribution in [0, 0.1) is 0 Å². The highest BCUT2D eigenvalue weighted by Crippen LogP contribution is 2.29. The van der Waals surface area contributed by atoms with E-state index in [4.69, 9.17) is 9.72 Å². The van der Waals surface area contributed by atoms with Gasteiger partial charge in [0.2, 0.25) is 15.9 Å². The summed E-state index contributed by atoms with van der Waals surface area (Å²) in [4.78, 5) is 17.9. The molecule has 4 aromatic rings. The van der Waals surface area contributed by atoms with Crippen LogP contribution < -0.4 is 10.1 Å². The van der Waals surface area contributed by atoms with Crippen molar-refractivity contribution in [2.45, 2.75) is 17.9 Å². The molecule has 1 N–H and O–H groups in total. The third-order valence-corrected chi connectivity index (χ3v) is 7.28. The number of hydrogen-bond acceptors (Lipinski definition) is 5. The second kappa shape index (κ2) is 9.66. The molecule has 0 fully saturated rings. The molecule has 34 heavy (non-hydrogen) atoms. The van der Waals surface area contributed by atoms with E-state index in [2.05, 4.69) is 5.32 Å². The van der Waals surface area contributed by atoms with E-state index in [-0.39, 0.29) is 23.0 Å². The summed E-state index contributed by atoms with van der Waals surface area (Å²) in [7, 11) is 0.705. The summed E-state index contributed by atoms with van der Waals surface area (Å²) >= 11 is 0. The van der Waals surface area contributed by atoms with E-state index in [1.54, 1.807) is 0 Å². The molecule has 0 saturated carbocycles.